The molecule has 2 fully saturated rings. The number of hydrogen-bond acceptors (Lipinski definition) is 3. The summed E-state index contributed by atoms with van der Waals surface area (Å²) in [5, 5.41) is 2.99. The van der Waals surface area contributed by atoms with Gasteiger partial charge in [0.1, 0.15) is 5.75 Å². The molecule has 2 amide bonds. The van der Waals surface area contributed by atoms with Gasteiger partial charge in [0.2, 0.25) is 0 Å². The maximum absolute atomic E-state index is 12.7. The molecule has 0 saturated heterocycles. The largest absolute Gasteiger partial charge is 0.484 e. The molecule has 2 aromatic rings. The number of nitrogens with one attached hydrogen (secondary N) is 1. The van der Waals surface area contributed by atoms with Crippen LogP contribution in [0.15, 0.2) is 53.0 Å². The zero-order valence-corrected chi connectivity index (χ0v) is 17.2. The fourth-order valence-electron chi connectivity index (χ4n) is 3.02. The monoisotopic (exact) mass is 442 g/mol. The van der Waals surface area contributed by atoms with Crippen molar-refractivity contribution in [2.45, 2.75) is 44.3 Å². The highest BCUT2D eigenvalue weighted by atomic mass is 79.9. The molecular formula is C22H23BrN2O3. The summed E-state index contributed by atoms with van der Waals surface area (Å²) >= 11 is 3.39. The molecule has 2 aliphatic rings. The van der Waals surface area contributed by atoms with E-state index in [2.05, 4.69) is 21.2 Å². The highest BCUT2D eigenvalue weighted by Gasteiger charge is 2.32. The molecule has 2 saturated carbocycles. The molecule has 146 valence electrons. The fourth-order valence-corrected chi connectivity index (χ4v) is 3.28. The Morgan fingerprint density at radius 2 is 1.68 bits per heavy atom. The van der Waals surface area contributed by atoms with Crippen molar-refractivity contribution in [3.8, 4) is 5.75 Å². The van der Waals surface area contributed by atoms with E-state index in [-0.39, 0.29) is 18.4 Å². The van der Waals surface area contributed by atoms with Gasteiger partial charge in [-0.05, 0) is 67.6 Å². The van der Waals surface area contributed by atoms with E-state index in [0.717, 1.165) is 35.7 Å². The molecule has 0 aromatic heterocycles. The summed E-state index contributed by atoms with van der Waals surface area (Å²) in [7, 11) is 0. The second-order valence-corrected chi connectivity index (χ2v) is 8.36. The third-order valence-corrected chi connectivity index (χ3v) is 5.49. The summed E-state index contributed by atoms with van der Waals surface area (Å²) in [5.74, 6) is 0.645. The van der Waals surface area contributed by atoms with Gasteiger partial charge in [-0.1, -0.05) is 28.1 Å². The van der Waals surface area contributed by atoms with E-state index in [1.54, 1.807) is 0 Å². The number of nitrogens with zero attached hydrogens (tertiary/aromatic N) is 1. The van der Waals surface area contributed by atoms with Crippen molar-refractivity contribution in [2.24, 2.45) is 0 Å². The molecule has 0 atom stereocenters. The van der Waals surface area contributed by atoms with Crippen LogP contribution >= 0.6 is 15.9 Å². The Hall–Kier alpha value is -2.34. The molecule has 5 nitrogen and oxygen atoms in total. The minimum absolute atomic E-state index is 0.0130. The first-order chi connectivity index (χ1) is 13.6. The first-order valence-electron chi connectivity index (χ1n) is 9.66. The van der Waals surface area contributed by atoms with Crippen LogP contribution in [0.25, 0.3) is 0 Å². The number of halogens is 1. The predicted molar refractivity (Wildman–Crippen MR) is 110 cm³/mol. The van der Waals surface area contributed by atoms with Crippen LogP contribution in [0, 0.1) is 0 Å². The minimum atomic E-state index is -0.0212. The van der Waals surface area contributed by atoms with E-state index in [4.69, 9.17) is 4.74 Å². The normalized spacial score (nSPS) is 15.8. The summed E-state index contributed by atoms with van der Waals surface area (Å²) in [4.78, 5) is 26.7. The van der Waals surface area contributed by atoms with Gasteiger partial charge in [-0.15, -0.1) is 0 Å². The zero-order chi connectivity index (χ0) is 19.5. The lowest BCUT2D eigenvalue weighted by Crippen LogP contribution is -2.36. The molecule has 0 spiro atoms. The number of hydrogen-bond donors (Lipinski definition) is 1. The van der Waals surface area contributed by atoms with Crippen LogP contribution < -0.4 is 10.1 Å². The summed E-state index contributed by atoms with van der Waals surface area (Å²) in [6.45, 7) is 0.567. The molecule has 0 unspecified atom stereocenters. The molecule has 1 N–H and O–H groups in total. The number of ether oxygens (including phenoxy) is 1. The van der Waals surface area contributed by atoms with Crippen molar-refractivity contribution in [3.05, 3.63) is 64.1 Å². The Morgan fingerprint density at radius 3 is 2.29 bits per heavy atom. The summed E-state index contributed by atoms with van der Waals surface area (Å²) in [6, 6.07) is 15.6. The predicted octanol–water partition coefficient (Wildman–Crippen LogP) is 3.91. The van der Waals surface area contributed by atoms with E-state index >= 15 is 0 Å². The minimum Gasteiger partial charge on any atom is -0.484 e. The lowest BCUT2D eigenvalue weighted by molar-refractivity contribution is -0.134. The molecular weight excluding hydrogens is 420 g/mol. The highest BCUT2D eigenvalue weighted by Crippen LogP contribution is 2.29. The van der Waals surface area contributed by atoms with Gasteiger partial charge >= 0.3 is 0 Å². The summed E-state index contributed by atoms with van der Waals surface area (Å²) in [5.41, 5.74) is 1.69. The van der Waals surface area contributed by atoms with Gasteiger partial charge in [0, 0.05) is 28.7 Å². The van der Waals surface area contributed by atoms with Crippen LogP contribution in [0.1, 0.15) is 41.6 Å². The lowest BCUT2D eigenvalue weighted by atomic mass is 10.1. The van der Waals surface area contributed by atoms with Crippen LogP contribution in [-0.2, 0) is 11.3 Å². The average Bonchev–Trinajstić information content (AvgIpc) is 3.60. The van der Waals surface area contributed by atoms with Gasteiger partial charge in [-0.25, -0.2) is 0 Å². The fraction of sp³-hybridized carbons (Fsp3) is 0.364. The maximum atomic E-state index is 12.7. The first kappa shape index (κ1) is 19.0. The number of benzene rings is 2. The number of amides is 2. The molecule has 2 aliphatic carbocycles. The number of rotatable bonds is 8. The standard InChI is InChI=1S/C22H23BrN2O3/c23-17-5-11-20(12-6-17)28-14-21(26)25(19-9-10-19)13-15-1-3-16(4-2-15)22(27)24-18-7-8-18/h1-6,11-12,18-19H,7-10,13-14H2,(H,24,27). The molecule has 4 rings (SSSR count). The molecule has 6 heteroatoms. The van der Waals surface area contributed by atoms with E-state index in [1.165, 1.54) is 0 Å². The van der Waals surface area contributed by atoms with Crippen molar-refractivity contribution in [1.29, 1.82) is 0 Å². The van der Waals surface area contributed by atoms with Gasteiger partial charge in [0.25, 0.3) is 11.8 Å². The quantitative estimate of drug-likeness (QED) is 0.673. The Kier molecular flexibility index (Phi) is 5.67. The van der Waals surface area contributed by atoms with Crippen molar-refractivity contribution in [1.82, 2.24) is 10.2 Å². The van der Waals surface area contributed by atoms with Gasteiger partial charge in [-0.2, -0.15) is 0 Å². The second kappa shape index (κ2) is 8.35. The average molecular weight is 443 g/mol. The van der Waals surface area contributed by atoms with Crippen molar-refractivity contribution >= 4 is 27.7 Å². The molecule has 0 heterocycles. The van der Waals surface area contributed by atoms with Crippen LogP contribution in [0.2, 0.25) is 0 Å². The summed E-state index contributed by atoms with van der Waals surface area (Å²) in [6.07, 6.45) is 4.22. The lowest BCUT2D eigenvalue weighted by Gasteiger charge is -2.23. The Morgan fingerprint density at radius 1 is 1.00 bits per heavy atom. The zero-order valence-electron chi connectivity index (χ0n) is 15.6. The smallest absolute Gasteiger partial charge is 0.261 e. The van der Waals surface area contributed by atoms with Crippen LogP contribution in [-0.4, -0.2) is 35.4 Å². The Balaban J connectivity index is 1.34. The van der Waals surface area contributed by atoms with E-state index in [0.29, 0.717) is 29.9 Å². The third kappa shape index (κ3) is 5.13. The van der Waals surface area contributed by atoms with Gasteiger partial charge in [-0.3, -0.25) is 9.59 Å². The van der Waals surface area contributed by atoms with Gasteiger partial charge < -0.3 is 15.0 Å². The Bertz CT molecular complexity index is 843. The highest BCUT2D eigenvalue weighted by molar-refractivity contribution is 9.10. The molecule has 0 bridgehead atoms. The van der Waals surface area contributed by atoms with E-state index < -0.39 is 0 Å². The van der Waals surface area contributed by atoms with E-state index in [9.17, 15) is 9.59 Å². The first-order valence-corrected chi connectivity index (χ1v) is 10.5. The third-order valence-electron chi connectivity index (χ3n) is 4.97. The topological polar surface area (TPSA) is 58.6 Å². The Labute approximate surface area is 173 Å². The van der Waals surface area contributed by atoms with Crippen LogP contribution in [0.5, 0.6) is 5.75 Å². The molecule has 2 aromatic carbocycles. The van der Waals surface area contributed by atoms with Crippen molar-refractivity contribution in [2.75, 3.05) is 6.61 Å². The van der Waals surface area contributed by atoms with E-state index in [1.807, 2.05) is 53.4 Å². The maximum Gasteiger partial charge on any atom is 0.261 e. The van der Waals surface area contributed by atoms with Crippen LogP contribution in [0.3, 0.4) is 0 Å². The van der Waals surface area contributed by atoms with Gasteiger partial charge in [0.15, 0.2) is 6.61 Å². The number of carbonyl (C=O) groups is 2. The van der Waals surface area contributed by atoms with Gasteiger partial charge in [0.05, 0.1) is 0 Å². The van der Waals surface area contributed by atoms with Crippen LogP contribution in [0.4, 0.5) is 0 Å². The van der Waals surface area contributed by atoms with Crippen molar-refractivity contribution < 1.29 is 14.3 Å². The molecule has 0 radical (unpaired) electrons. The van der Waals surface area contributed by atoms with Crippen molar-refractivity contribution in [3.63, 3.8) is 0 Å². The summed E-state index contributed by atoms with van der Waals surface area (Å²) < 4.78 is 6.62. The number of carbonyl (C=O) groups excluding carboxylic acids is 2. The SMILES string of the molecule is O=C(NC1CC1)c1ccc(CN(C(=O)COc2ccc(Br)cc2)C2CC2)cc1. The molecule has 28 heavy (non-hydrogen) atoms. The molecule has 0 aliphatic heterocycles. The second-order valence-electron chi connectivity index (χ2n) is 7.44.